The summed E-state index contributed by atoms with van der Waals surface area (Å²) in [6, 6.07) is 3.11. The first-order valence-electron chi connectivity index (χ1n) is 8.13. The molecule has 1 aromatic carbocycles. The lowest BCUT2D eigenvalue weighted by Crippen LogP contribution is -2.43. The van der Waals surface area contributed by atoms with Gasteiger partial charge < -0.3 is 29.7 Å². The Morgan fingerprint density at radius 3 is 2.56 bits per heavy atom. The third kappa shape index (κ3) is 3.84. The van der Waals surface area contributed by atoms with Crippen molar-refractivity contribution >= 4 is 17.1 Å². The molecule has 12 heteroatoms. The maximum absolute atomic E-state index is 11.1. The Kier molecular flexibility index (Phi) is 5.01. The normalized spacial score (nSPS) is 29.9. The number of nitro groups is 2. The van der Waals surface area contributed by atoms with Gasteiger partial charge in [-0.15, -0.1) is 0 Å². The maximum Gasteiger partial charge on any atom is 0.299 e. The standard InChI is InChI=1S/C15H19N3O9/c1-15(2)26-13-11(20)12(25-14(13)27-15)10(19)6-16-8-4-3-7(17(21)22)5-9(8)18(23)24/h3-5,10-14,16,19-20H,6H2,1-2H3/t10-,11+,12+,13-,14-/m0/s1. The molecule has 2 saturated heterocycles. The Bertz CT molecular complexity index is 756. The van der Waals surface area contributed by atoms with Crippen molar-refractivity contribution in [2.24, 2.45) is 0 Å². The fraction of sp³-hybridized carbons (Fsp3) is 0.600. The number of ether oxygens (including phenoxy) is 3. The minimum atomic E-state index is -1.24. The van der Waals surface area contributed by atoms with E-state index in [1.54, 1.807) is 13.8 Å². The summed E-state index contributed by atoms with van der Waals surface area (Å²) in [5.74, 6) is -0.913. The predicted octanol–water partition coefficient (Wildman–Crippen LogP) is 0.513. The number of hydrogen-bond acceptors (Lipinski definition) is 10. The van der Waals surface area contributed by atoms with Crippen molar-refractivity contribution in [1.82, 2.24) is 0 Å². The van der Waals surface area contributed by atoms with Gasteiger partial charge in [-0.3, -0.25) is 20.2 Å². The molecular weight excluding hydrogens is 366 g/mol. The van der Waals surface area contributed by atoms with E-state index in [-0.39, 0.29) is 12.2 Å². The van der Waals surface area contributed by atoms with E-state index in [4.69, 9.17) is 14.2 Å². The molecule has 5 atom stereocenters. The molecule has 12 nitrogen and oxygen atoms in total. The molecule has 27 heavy (non-hydrogen) atoms. The molecule has 3 N–H and O–H groups in total. The van der Waals surface area contributed by atoms with Crippen LogP contribution >= 0.6 is 0 Å². The molecule has 0 radical (unpaired) electrons. The van der Waals surface area contributed by atoms with Crippen LogP contribution in [0.15, 0.2) is 18.2 Å². The number of nitrogens with one attached hydrogen (secondary N) is 1. The van der Waals surface area contributed by atoms with Crippen LogP contribution in [0.2, 0.25) is 0 Å². The van der Waals surface area contributed by atoms with Crippen LogP contribution in [0.5, 0.6) is 0 Å². The van der Waals surface area contributed by atoms with Crippen molar-refractivity contribution in [2.75, 3.05) is 11.9 Å². The number of non-ortho nitro benzene ring substituents is 1. The first-order chi connectivity index (χ1) is 12.6. The summed E-state index contributed by atoms with van der Waals surface area (Å²) in [5, 5.41) is 45.1. The second-order valence-electron chi connectivity index (χ2n) is 6.72. The third-order valence-electron chi connectivity index (χ3n) is 4.32. The molecule has 2 aliphatic heterocycles. The monoisotopic (exact) mass is 385 g/mol. The third-order valence-corrected chi connectivity index (χ3v) is 4.32. The summed E-state index contributed by atoms with van der Waals surface area (Å²) >= 11 is 0. The Balaban J connectivity index is 1.66. The number of hydrogen-bond donors (Lipinski definition) is 3. The highest BCUT2D eigenvalue weighted by Gasteiger charge is 2.55. The fourth-order valence-electron chi connectivity index (χ4n) is 3.10. The first-order valence-corrected chi connectivity index (χ1v) is 8.13. The molecule has 2 fully saturated rings. The number of nitro benzene ring substituents is 2. The second kappa shape index (κ2) is 6.98. The van der Waals surface area contributed by atoms with Crippen LogP contribution in [-0.4, -0.2) is 63.1 Å². The van der Waals surface area contributed by atoms with Crippen molar-refractivity contribution in [3.05, 3.63) is 38.4 Å². The lowest BCUT2D eigenvalue weighted by Gasteiger charge is -2.26. The summed E-state index contributed by atoms with van der Waals surface area (Å²) in [6.45, 7) is 3.13. The summed E-state index contributed by atoms with van der Waals surface area (Å²) in [5.41, 5.74) is -0.937. The van der Waals surface area contributed by atoms with Gasteiger partial charge in [0.15, 0.2) is 12.1 Å². The highest BCUT2D eigenvalue weighted by molar-refractivity contribution is 5.65. The van der Waals surface area contributed by atoms with Crippen molar-refractivity contribution in [3.63, 3.8) is 0 Å². The molecule has 0 amide bonds. The van der Waals surface area contributed by atoms with Gasteiger partial charge in [0.1, 0.15) is 30.1 Å². The molecule has 0 aromatic heterocycles. The van der Waals surface area contributed by atoms with Gasteiger partial charge >= 0.3 is 0 Å². The van der Waals surface area contributed by atoms with E-state index in [9.17, 15) is 30.4 Å². The fourth-order valence-corrected chi connectivity index (χ4v) is 3.10. The van der Waals surface area contributed by atoms with Crippen molar-refractivity contribution in [2.45, 2.75) is 50.3 Å². The number of rotatable bonds is 6. The maximum atomic E-state index is 11.1. The Hall–Kier alpha value is -2.38. The minimum Gasteiger partial charge on any atom is -0.388 e. The van der Waals surface area contributed by atoms with Crippen molar-refractivity contribution in [3.8, 4) is 0 Å². The van der Waals surface area contributed by atoms with Gasteiger partial charge in [0.25, 0.3) is 11.4 Å². The van der Waals surface area contributed by atoms with Gasteiger partial charge in [0, 0.05) is 12.6 Å². The van der Waals surface area contributed by atoms with E-state index in [1.807, 2.05) is 0 Å². The van der Waals surface area contributed by atoms with E-state index >= 15 is 0 Å². The van der Waals surface area contributed by atoms with Crippen molar-refractivity contribution < 1.29 is 34.3 Å². The molecular formula is C15H19N3O9. The number of nitrogens with zero attached hydrogens (tertiary/aromatic N) is 2. The summed E-state index contributed by atoms with van der Waals surface area (Å²) in [6.07, 6.45) is -5.01. The molecule has 0 saturated carbocycles. The lowest BCUT2D eigenvalue weighted by molar-refractivity contribution is -0.393. The first kappa shape index (κ1) is 19.4. The largest absolute Gasteiger partial charge is 0.388 e. The van der Waals surface area contributed by atoms with Gasteiger partial charge in [-0.25, -0.2) is 0 Å². The quantitative estimate of drug-likeness (QED) is 0.464. The van der Waals surface area contributed by atoms with Gasteiger partial charge in [-0.1, -0.05) is 0 Å². The summed E-state index contributed by atoms with van der Waals surface area (Å²) in [4.78, 5) is 20.4. The van der Waals surface area contributed by atoms with Crippen LogP contribution in [0.4, 0.5) is 17.1 Å². The summed E-state index contributed by atoms with van der Waals surface area (Å²) < 4.78 is 16.5. The van der Waals surface area contributed by atoms with Gasteiger partial charge in [-0.2, -0.15) is 0 Å². The average molecular weight is 385 g/mol. The van der Waals surface area contributed by atoms with Crippen LogP contribution < -0.4 is 5.32 Å². The SMILES string of the molecule is CC1(C)O[C@@H]2O[C@H]([C@@H](O)CNc3ccc([N+](=O)[O-])cc3[N+](=O)[O-])[C@@H](O)[C@@H]2O1. The van der Waals surface area contributed by atoms with Crippen LogP contribution in [0.1, 0.15) is 13.8 Å². The number of aliphatic hydroxyl groups excluding tert-OH is 2. The highest BCUT2D eigenvalue weighted by atomic mass is 16.8. The van der Waals surface area contributed by atoms with Gasteiger partial charge in [-0.05, 0) is 19.9 Å². The molecule has 2 aliphatic rings. The van der Waals surface area contributed by atoms with Crippen molar-refractivity contribution in [1.29, 1.82) is 0 Å². The molecule has 2 heterocycles. The molecule has 3 rings (SSSR count). The minimum absolute atomic E-state index is 0.00837. The number of fused-ring (bicyclic) bond motifs is 1. The zero-order valence-electron chi connectivity index (χ0n) is 14.5. The summed E-state index contributed by atoms with van der Waals surface area (Å²) in [7, 11) is 0. The Morgan fingerprint density at radius 2 is 1.96 bits per heavy atom. The van der Waals surface area contributed by atoms with E-state index in [0.29, 0.717) is 0 Å². The van der Waals surface area contributed by atoms with Crippen LogP contribution in [0, 0.1) is 20.2 Å². The Morgan fingerprint density at radius 1 is 1.26 bits per heavy atom. The molecule has 0 aliphatic carbocycles. The zero-order chi connectivity index (χ0) is 19.9. The molecule has 1 aromatic rings. The average Bonchev–Trinajstić information content (AvgIpc) is 3.05. The number of anilines is 1. The Labute approximate surface area is 152 Å². The van der Waals surface area contributed by atoms with Crippen LogP contribution in [-0.2, 0) is 14.2 Å². The van der Waals surface area contributed by atoms with E-state index < -0.39 is 57.7 Å². The van der Waals surface area contributed by atoms with E-state index in [0.717, 1.165) is 12.1 Å². The molecule has 148 valence electrons. The lowest BCUT2D eigenvalue weighted by atomic mass is 10.1. The van der Waals surface area contributed by atoms with E-state index in [2.05, 4.69) is 5.32 Å². The number of benzene rings is 1. The molecule has 0 unspecified atom stereocenters. The number of aliphatic hydroxyl groups is 2. The van der Waals surface area contributed by atoms with Gasteiger partial charge in [0.05, 0.1) is 15.9 Å². The van der Waals surface area contributed by atoms with Crippen LogP contribution in [0.3, 0.4) is 0 Å². The molecule has 0 bridgehead atoms. The topological polar surface area (TPSA) is 166 Å². The highest BCUT2D eigenvalue weighted by Crippen LogP contribution is 2.38. The van der Waals surface area contributed by atoms with Crippen LogP contribution in [0.25, 0.3) is 0 Å². The smallest absolute Gasteiger partial charge is 0.299 e. The second-order valence-corrected chi connectivity index (χ2v) is 6.72. The zero-order valence-corrected chi connectivity index (χ0v) is 14.5. The van der Waals surface area contributed by atoms with E-state index in [1.165, 1.54) is 6.07 Å². The predicted molar refractivity (Wildman–Crippen MR) is 89.0 cm³/mol. The van der Waals surface area contributed by atoms with Gasteiger partial charge in [0.2, 0.25) is 0 Å². The molecule has 0 spiro atoms.